The van der Waals surface area contributed by atoms with Gasteiger partial charge in [-0.2, -0.15) is 14.6 Å². The second-order valence-electron chi connectivity index (χ2n) is 5.44. The van der Waals surface area contributed by atoms with Crippen molar-refractivity contribution in [3.63, 3.8) is 0 Å². The van der Waals surface area contributed by atoms with Gasteiger partial charge in [-0.3, -0.25) is 4.79 Å². The molecule has 0 unspecified atom stereocenters. The van der Waals surface area contributed by atoms with Crippen molar-refractivity contribution in [3.05, 3.63) is 18.1 Å². The van der Waals surface area contributed by atoms with Crippen molar-refractivity contribution < 1.29 is 9.53 Å². The SMILES string of the molecule is CCOC(=O)C1CCN(c2cc(CC)nc3ncnn23)CC1. The van der Waals surface area contributed by atoms with Gasteiger partial charge in [0.15, 0.2) is 0 Å². The number of nitrogens with zero attached hydrogens (tertiary/aromatic N) is 5. The fourth-order valence-corrected chi connectivity index (χ4v) is 2.85. The van der Waals surface area contributed by atoms with Gasteiger partial charge in [0.05, 0.1) is 12.5 Å². The molecule has 118 valence electrons. The second kappa shape index (κ2) is 6.29. The van der Waals surface area contributed by atoms with E-state index in [2.05, 4.69) is 33.0 Å². The molecule has 0 amide bonds. The van der Waals surface area contributed by atoms with Crippen LogP contribution in [-0.4, -0.2) is 45.2 Å². The number of hydrogen-bond acceptors (Lipinski definition) is 6. The lowest BCUT2D eigenvalue weighted by molar-refractivity contribution is -0.148. The number of carbonyl (C=O) groups is 1. The maximum absolute atomic E-state index is 11.8. The van der Waals surface area contributed by atoms with Crippen molar-refractivity contribution in [2.24, 2.45) is 5.92 Å². The van der Waals surface area contributed by atoms with E-state index in [9.17, 15) is 4.79 Å². The van der Waals surface area contributed by atoms with Crippen LogP contribution < -0.4 is 4.90 Å². The van der Waals surface area contributed by atoms with E-state index < -0.39 is 0 Å². The Balaban J connectivity index is 1.79. The molecular weight excluding hydrogens is 282 g/mol. The van der Waals surface area contributed by atoms with Crippen molar-refractivity contribution in [2.75, 3.05) is 24.6 Å². The molecule has 7 nitrogen and oxygen atoms in total. The van der Waals surface area contributed by atoms with E-state index in [0.29, 0.717) is 12.4 Å². The van der Waals surface area contributed by atoms with Crippen LogP contribution in [-0.2, 0) is 16.0 Å². The molecule has 0 aliphatic carbocycles. The van der Waals surface area contributed by atoms with Gasteiger partial charge < -0.3 is 9.64 Å². The molecule has 1 fully saturated rings. The fraction of sp³-hybridized carbons (Fsp3) is 0.600. The first-order valence-corrected chi connectivity index (χ1v) is 7.84. The molecule has 0 spiro atoms. The zero-order valence-corrected chi connectivity index (χ0v) is 13.0. The summed E-state index contributed by atoms with van der Waals surface area (Å²) in [4.78, 5) is 22.7. The minimum absolute atomic E-state index is 0.00919. The van der Waals surface area contributed by atoms with Crippen LogP contribution in [0.3, 0.4) is 0 Å². The molecule has 7 heteroatoms. The molecule has 1 saturated heterocycles. The van der Waals surface area contributed by atoms with E-state index in [0.717, 1.165) is 43.9 Å². The number of carbonyl (C=O) groups excluding carboxylic acids is 1. The van der Waals surface area contributed by atoms with Crippen LogP contribution >= 0.6 is 0 Å². The molecule has 3 heterocycles. The number of hydrogen-bond donors (Lipinski definition) is 0. The molecule has 0 aromatic carbocycles. The van der Waals surface area contributed by atoms with Crippen LogP contribution in [0.5, 0.6) is 0 Å². The lowest BCUT2D eigenvalue weighted by atomic mass is 9.97. The van der Waals surface area contributed by atoms with Gasteiger partial charge in [0.1, 0.15) is 12.1 Å². The Kier molecular flexibility index (Phi) is 4.22. The number of aromatic nitrogens is 4. The third kappa shape index (κ3) is 2.75. The normalized spacial score (nSPS) is 16.2. The Morgan fingerprint density at radius 1 is 1.36 bits per heavy atom. The molecule has 2 aromatic rings. The monoisotopic (exact) mass is 303 g/mol. The quantitative estimate of drug-likeness (QED) is 0.796. The summed E-state index contributed by atoms with van der Waals surface area (Å²) in [5.74, 6) is 1.57. The van der Waals surface area contributed by atoms with Gasteiger partial charge in [0.2, 0.25) is 0 Å². The molecule has 0 radical (unpaired) electrons. The maximum atomic E-state index is 11.8. The van der Waals surface area contributed by atoms with E-state index in [1.54, 1.807) is 4.52 Å². The van der Waals surface area contributed by atoms with Gasteiger partial charge in [-0.25, -0.2) is 4.98 Å². The molecule has 0 saturated carbocycles. The third-order valence-electron chi connectivity index (χ3n) is 4.09. The topological polar surface area (TPSA) is 72.6 Å². The second-order valence-corrected chi connectivity index (χ2v) is 5.44. The molecule has 3 rings (SSSR count). The van der Waals surface area contributed by atoms with Gasteiger partial charge in [-0.1, -0.05) is 6.92 Å². The lowest BCUT2D eigenvalue weighted by Crippen LogP contribution is -2.38. The molecule has 0 bridgehead atoms. The predicted molar refractivity (Wildman–Crippen MR) is 81.7 cm³/mol. The Morgan fingerprint density at radius 2 is 2.14 bits per heavy atom. The summed E-state index contributed by atoms with van der Waals surface area (Å²) in [5, 5.41) is 4.26. The molecule has 22 heavy (non-hydrogen) atoms. The highest BCUT2D eigenvalue weighted by atomic mass is 16.5. The zero-order chi connectivity index (χ0) is 15.5. The number of aryl methyl sites for hydroxylation is 1. The Bertz CT molecular complexity index is 661. The standard InChI is InChI=1S/C15H21N5O2/c1-3-12-9-13(20-15(18-12)16-10-17-20)19-7-5-11(6-8-19)14(21)22-4-2/h9-11H,3-8H2,1-2H3. The number of rotatable bonds is 4. The number of piperidine rings is 1. The lowest BCUT2D eigenvalue weighted by Gasteiger charge is -2.32. The molecule has 0 N–H and O–H groups in total. The number of fused-ring (bicyclic) bond motifs is 1. The maximum Gasteiger partial charge on any atom is 0.309 e. The number of esters is 1. The minimum Gasteiger partial charge on any atom is -0.466 e. The molecule has 0 atom stereocenters. The smallest absolute Gasteiger partial charge is 0.309 e. The Labute approximate surface area is 129 Å². The first-order chi connectivity index (χ1) is 10.7. The van der Waals surface area contributed by atoms with Crippen LogP contribution in [0.25, 0.3) is 5.78 Å². The number of anilines is 1. The third-order valence-corrected chi connectivity index (χ3v) is 4.09. The van der Waals surface area contributed by atoms with Crippen molar-refractivity contribution in [1.82, 2.24) is 19.6 Å². The van der Waals surface area contributed by atoms with Crippen LogP contribution in [0.2, 0.25) is 0 Å². The molecule has 1 aliphatic rings. The highest BCUT2D eigenvalue weighted by Crippen LogP contribution is 2.24. The van der Waals surface area contributed by atoms with Crippen LogP contribution in [0.15, 0.2) is 12.4 Å². The van der Waals surface area contributed by atoms with Gasteiger partial charge in [-0.15, -0.1) is 0 Å². The highest BCUT2D eigenvalue weighted by Gasteiger charge is 2.27. The summed E-state index contributed by atoms with van der Waals surface area (Å²) in [6.07, 6.45) is 3.99. The summed E-state index contributed by atoms with van der Waals surface area (Å²) < 4.78 is 6.89. The van der Waals surface area contributed by atoms with Gasteiger partial charge in [-0.05, 0) is 26.2 Å². The van der Waals surface area contributed by atoms with Gasteiger partial charge in [0.25, 0.3) is 5.78 Å². The Morgan fingerprint density at radius 3 is 2.82 bits per heavy atom. The van der Waals surface area contributed by atoms with Crippen molar-refractivity contribution in [1.29, 1.82) is 0 Å². The first kappa shape index (κ1) is 14.7. The fourth-order valence-electron chi connectivity index (χ4n) is 2.85. The van der Waals surface area contributed by atoms with Gasteiger partial charge in [0, 0.05) is 24.8 Å². The van der Waals surface area contributed by atoms with Crippen LogP contribution in [0.1, 0.15) is 32.4 Å². The summed E-state index contributed by atoms with van der Waals surface area (Å²) in [6.45, 7) is 5.99. The predicted octanol–water partition coefficient (Wildman–Crippen LogP) is 1.47. The van der Waals surface area contributed by atoms with Gasteiger partial charge >= 0.3 is 5.97 Å². The summed E-state index contributed by atoms with van der Waals surface area (Å²) in [6, 6.07) is 2.06. The summed E-state index contributed by atoms with van der Waals surface area (Å²) >= 11 is 0. The van der Waals surface area contributed by atoms with Crippen molar-refractivity contribution in [3.8, 4) is 0 Å². The van der Waals surface area contributed by atoms with Crippen LogP contribution in [0, 0.1) is 5.92 Å². The molecule has 1 aliphatic heterocycles. The Hall–Kier alpha value is -2.18. The molecule has 2 aromatic heterocycles. The van der Waals surface area contributed by atoms with E-state index in [1.807, 2.05) is 6.92 Å². The molecular formula is C15H21N5O2. The van der Waals surface area contributed by atoms with E-state index in [1.165, 1.54) is 6.33 Å². The minimum atomic E-state index is -0.0722. The van der Waals surface area contributed by atoms with Crippen molar-refractivity contribution in [2.45, 2.75) is 33.1 Å². The first-order valence-electron chi connectivity index (χ1n) is 7.84. The summed E-state index contributed by atoms with van der Waals surface area (Å²) in [5.41, 5.74) is 1.00. The average molecular weight is 303 g/mol. The van der Waals surface area contributed by atoms with Crippen LogP contribution in [0.4, 0.5) is 5.82 Å². The number of ether oxygens (including phenoxy) is 1. The largest absolute Gasteiger partial charge is 0.466 e. The van der Waals surface area contributed by atoms with E-state index in [4.69, 9.17) is 4.74 Å². The van der Waals surface area contributed by atoms with E-state index >= 15 is 0 Å². The van der Waals surface area contributed by atoms with Crippen molar-refractivity contribution >= 4 is 17.6 Å². The average Bonchev–Trinajstić information content (AvgIpc) is 3.02. The zero-order valence-electron chi connectivity index (χ0n) is 13.0. The summed E-state index contributed by atoms with van der Waals surface area (Å²) in [7, 11) is 0. The van der Waals surface area contributed by atoms with E-state index in [-0.39, 0.29) is 11.9 Å². The highest BCUT2D eigenvalue weighted by molar-refractivity contribution is 5.72.